The second-order valence-electron chi connectivity index (χ2n) is 4.72. The van der Waals surface area contributed by atoms with Gasteiger partial charge in [0.1, 0.15) is 17.4 Å². The van der Waals surface area contributed by atoms with Crippen molar-refractivity contribution in [1.29, 1.82) is 0 Å². The van der Waals surface area contributed by atoms with Crippen molar-refractivity contribution in [3.63, 3.8) is 0 Å². The van der Waals surface area contributed by atoms with Crippen LogP contribution in [0.5, 0.6) is 11.6 Å². The molecule has 1 aromatic carbocycles. The van der Waals surface area contributed by atoms with Gasteiger partial charge in [-0.25, -0.2) is 4.98 Å². The van der Waals surface area contributed by atoms with Gasteiger partial charge < -0.3 is 15.2 Å². The molecule has 0 aliphatic carbocycles. The summed E-state index contributed by atoms with van der Waals surface area (Å²) in [5, 5.41) is 12.3. The van der Waals surface area contributed by atoms with Crippen LogP contribution in [0.2, 0.25) is 0 Å². The van der Waals surface area contributed by atoms with Crippen LogP contribution in [0.15, 0.2) is 30.3 Å². The summed E-state index contributed by atoms with van der Waals surface area (Å²) < 4.78 is 5.78. The smallest absolute Gasteiger partial charge is 0.224 e. The molecular formula is C15H19N3O2. The maximum atomic E-state index is 9.31. The lowest BCUT2D eigenvalue weighted by molar-refractivity contribution is 0.276. The molecule has 0 unspecified atom stereocenters. The molecule has 0 saturated heterocycles. The number of hydrogen-bond donors (Lipinski definition) is 2. The number of benzene rings is 1. The number of nitrogens with one attached hydrogen (secondary N) is 1. The minimum atomic E-state index is -0.0722. The van der Waals surface area contributed by atoms with E-state index in [9.17, 15) is 5.11 Å². The Morgan fingerprint density at radius 2 is 2.00 bits per heavy atom. The van der Waals surface area contributed by atoms with Gasteiger partial charge in [0.25, 0.3) is 0 Å². The van der Waals surface area contributed by atoms with E-state index in [1.165, 1.54) is 0 Å². The van der Waals surface area contributed by atoms with E-state index in [1.54, 1.807) is 13.1 Å². The quantitative estimate of drug-likeness (QED) is 0.876. The summed E-state index contributed by atoms with van der Waals surface area (Å²) in [6.07, 6.45) is 0. The second-order valence-corrected chi connectivity index (χ2v) is 4.72. The van der Waals surface area contributed by atoms with Crippen molar-refractivity contribution in [1.82, 2.24) is 9.97 Å². The molecule has 2 N–H and O–H groups in total. The lowest BCUT2D eigenvalue weighted by atomic mass is 10.2. The molecule has 1 aromatic heterocycles. The van der Waals surface area contributed by atoms with Crippen LogP contribution in [0.1, 0.15) is 31.2 Å². The Morgan fingerprint density at radius 1 is 1.25 bits per heavy atom. The minimum Gasteiger partial charge on any atom is -0.438 e. The largest absolute Gasteiger partial charge is 0.438 e. The number of aromatic nitrogens is 2. The summed E-state index contributed by atoms with van der Waals surface area (Å²) in [5.74, 6) is 2.70. The van der Waals surface area contributed by atoms with Crippen LogP contribution in [-0.2, 0) is 6.61 Å². The van der Waals surface area contributed by atoms with Gasteiger partial charge in [-0.2, -0.15) is 4.98 Å². The highest BCUT2D eigenvalue weighted by atomic mass is 16.5. The molecule has 2 aromatic rings. The topological polar surface area (TPSA) is 67.3 Å². The van der Waals surface area contributed by atoms with Crippen molar-refractivity contribution < 1.29 is 9.84 Å². The van der Waals surface area contributed by atoms with Gasteiger partial charge in [0, 0.05) is 24.6 Å². The number of anilines is 1. The van der Waals surface area contributed by atoms with Gasteiger partial charge in [0.2, 0.25) is 5.88 Å². The van der Waals surface area contributed by atoms with E-state index in [-0.39, 0.29) is 12.5 Å². The maximum absolute atomic E-state index is 9.31. The number of aliphatic hydroxyl groups excluding tert-OH is 1. The molecule has 0 aliphatic heterocycles. The lowest BCUT2D eigenvalue weighted by Gasteiger charge is -2.12. The van der Waals surface area contributed by atoms with E-state index in [2.05, 4.69) is 15.3 Å². The molecule has 0 amide bonds. The normalized spacial score (nSPS) is 10.7. The molecule has 0 aliphatic rings. The standard InChI is InChI=1S/C15H19N3O2/c1-10(2)15-17-13(16-3)8-14(18-15)20-12-7-5-4-6-11(12)9-19/h4-8,10,19H,9H2,1-3H3,(H,16,17,18). The molecule has 5 heteroatoms. The molecule has 20 heavy (non-hydrogen) atoms. The first kappa shape index (κ1) is 14.3. The Hall–Kier alpha value is -2.14. The SMILES string of the molecule is CNc1cc(Oc2ccccc2CO)nc(C(C)C)n1. The monoisotopic (exact) mass is 273 g/mol. The molecule has 0 spiro atoms. The van der Waals surface area contributed by atoms with E-state index >= 15 is 0 Å². The van der Waals surface area contributed by atoms with E-state index in [0.717, 1.165) is 5.56 Å². The average molecular weight is 273 g/mol. The summed E-state index contributed by atoms with van der Waals surface area (Å²) >= 11 is 0. The summed E-state index contributed by atoms with van der Waals surface area (Å²) in [6, 6.07) is 9.08. The second kappa shape index (κ2) is 6.34. The van der Waals surface area contributed by atoms with Gasteiger partial charge in [-0.3, -0.25) is 0 Å². The minimum absolute atomic E-state index is 0.0722. The van der Waals surface area contributed by atoms with Crippen LogP contribution >= 0.6 is 0 Å². The van der Waals surface area contributed by atoms with Gasteiger partial charge in [-0.05, 0) is 6.07 Å². The van der Waals surface area contributed by atoms with Gasteiger partial charge >= 0.3 is 0 Å². The summed E-state index contributed by atoms with van der Waals surface area (Å²) in [7, 11) is 1.80. The Bertz CT molecular complexity index is 585. The number of nitrogens with zero attached hydrogens (tertiary/aromatic N) is 2. The van der Waals surface area contributed by atoms with Crippen LogP contribution in [0.3, 0.4) is 0 Å². The highest BCUT2D eigenvalue weighted by molar-refractivity contribution is 5.41. The number of para-hydroxylation sites is 1. The molecule has 0 saturated carbocycles. The van der Waals surface area contributed by atoms with E-state index in [4.69, 9.17) is 4.74 Å². The zero-order valence-corrected chi connectivity index (χ0v) is 11.9. The Kier molecular flexibility index (Phi) is 4.53. The number of hydrogen-bond acceptors (Lipinski definition) is 5. The molecule has 106 valence electrons. The number of ether oxygens (including phenoxy) is 1. The molecule has 0 fully saturated rings. The summed E-state index contributed by atoms with van der Waals surface area (Å²) in [4.78, 5) is 8.78. The molecular weight excluding hydrogens is 254 g/mol. The van der Waals surface area contributed by atoms with E-state index < -0.39 is 0 Å². The number of rotatable bonds is 5. The third-order valence-electron chi connectivity index (χ3n) is 2.85. The summed E-state index contributed by atoms with van der Waals surface area (Å²) in [6.45, 7) is 3.98. The highest BCUT2D eigenvalue weighted by Gasteiger charge is 2.10. The van der Waals surface area contributed by atoms with E-state index in [0.29, 0.717) is 23.3 Å². The van der Waals surface area contributed by atoms with Gasteiger partial charge in [-0.15, -0.1) is 0 Å². The molecule has 0 atom stereocenters. The predicted molar refractivity (Wildman–Crippen MR) is 78.1 cm³/mol. The molecule has 0 bridgehead atoms. The molecule has 0 radical (unpaired) electrons. The fourth-order valence-corrected chi connectivity index (χ4v) is 1.73. The maximum Gasteiger partial charge on any atom is 0.224 e. The van der Waals surface area contributed by atoms with Crippen LogP contribution in [-0.4, -0.2) is 22.1 Å². The lowest BCUT2D eigenvalue weighted by Crippen LogP contribution is -2.04. The van der Waals surface area contributed by atoms with Crippen molar-refractivity contribution in [2.24, 2.45) is 0 Å². The fourth-order valence-electron chi connectivity index (χ4n) is 1.73. The predicted octanol–water partition coefficient (Wildman–Crippen LogP) is 2.93. The molecule has 2 rings (SSSR count). The van der Waals surface area contributed by atoms with Crippen molar-refractivity contribution in [2.75, 3.05) is 12.4 Å². The van der Waals surface area contributed by atoms with Crippen molar-refractivity contribution in [3.05, 3.63) is 41.7 Å². The highest BCUT2D eigenvalue weighted by Crippen LogP contribution is 2.26. The van der Waals surface area contributed by atoms with E-state index in [1.807, 2.05) is 38.1 Å². The van der Waals surface area contributed by atoms with Crippen LogP contribution in [0.25, 0.3) is 0 Å². The van der Waals surface area contributed by atoms with Gasteiger partial charge in [0.15, 0.2) is 0 Å². The zero-order valence-electron chi connectivity index (χ0n) is 11.9. The van der Waals surface area contributed by atoms with Crippen LogP contribution < -0.4 is 10.1 Å². The third kappa shape index (κ3) is 3.24. The first-order chi connectivity index (χ1) is 9.63. The Labute approximate surface area is 118 Å². The first-order valence-corrected chi connectivity index (χ1v) is 6.57. The van der Waals surface area contributed by atoms with Gasteiger partial charge in [-0.1, -0.05) is 32.0 Å². The summed E-state index contributed by atoms with van der Waals surface area (Å²) in [5.41, 5.74) is 0.725. The Morgan fingerprint density at radius 3 is 2.65 bits per heavy atom. The Balaban J connectivity index is 2.35. The van der Waals surface area contributed by atoms with Crippen LogP contribution in [0, 0.1) is 0 Å². The fraction of sp³-hybridized carbons (Fsp3) is 0.333. The number of aliphatic hydroxyl groups is 1. The third-order valence-corrected chi connectivity index (χ3v) is 2.85. The average Bonchev–Trinajstić information content (AvgIpc) is 2.47. The van der Waals surface area contributed by atoms with Crippen molar-refractivity contribution >= 4 is 5.82 Å². The van der Waals surface area contributed by atoms with Gasteiger partial charge in [0.05, 0.1) is 6.61 Å². The van der Waals surface area contributed by atoms with Crippen LogP contribution in [0.4, 0.5) is 5.82 Å². The molecule has 1 heterocycles. The zero-order chi connectivity index (χ0) is 14.5. The molecule has 5 nitrogen and oxygen atoms in total. The first-order valence-electron chi connectivity index (χ1n) is 6.57. The van der Waals surface area contributed by atoms with Crippen molar-refractivity contribution in [3.8, 4) is 11.6 Å². The van der Waals surface area contributed by atoms with Crippen molar-refractivity contribution in [2.45, 2.75) is 26.4 Å².